The molecule has 0 spiro atoms. The predicted octanol–water partition coefficient (Wildman–Crippen LogP) is 3.04. The number of halogens is 1. The van der Waals surface area contributed by atoms with Crippen molar-refractivity contribution in [1.82, 2.24) is 9.97 Å². The summed E-state index contributed by atoms with van der Waals surface area (Å²) in [6.07, 6.45) is 4.04. The van der Waals surface area contributed by atoms with Crippen LogP contribution in [0.4, 0.5) is 11.8 Å². The summed E-state index contributed by atoms with van der Waals surface area (Å²) in [7, 11) is 2.04. The van der Waals surface area contributed by atoms with Gasteiger partial charge in [0.1, 0.15) is 5.02 Å². The lowest BCUT2D eigenvalue weighted by atomic mass is 10.3. The van der Waals surface area contributed by atoms with Gasteiger partial charge in [-0.25, -0.2) is 4.98 Å². The highest BCUT2D eigenvalue weighted by Gasteiger charge is 2.33. The Morgan fingerprint density at radius 1 is 1.56 bits per heavy atom. The Bertz CT molecular complexity index is 410. The summed E-state index contributed by atoms with van der Waals surface area (Å²) in [4.78, 5) is 10.8. The van der Waals surface area contributed by atoms with Gasteiger partial charge >= 0.3 is 0 Å². The summed E-state index contributed by atoms with van der Waals surface area (Å²) < 4.78 is 0. The third-order valence-electron chi connectivity index (χ3n) is 3.40. The molecule has 1 N–H and O–H groups in total. The number of nitrogens with one attached hydrogen (secondary N) is 1. The van der Waals surface area contributed by atoms with Crippen LogP contribution < -0.4 is 10.2 Å². The van der Waals surface area contributed by atoms with Crippen LogP contribution in [0.5, 0.6) is 0 Å². The molecule has 2 rings (SSSR count). The Morgan fingerprint density at radius 3 is 2.89 bits per heavy atom. The summed E-state index contributed by atoms with van der Waals surface area (Å²) in [5.41, 5.74) is 0. The van der Waals surface area contributed by atoms with E-state index in [2.05, 4.69) is 34.0 Å². The summed E-state index contributed by atoms with van der Waals surface area (Å²) in [5.74, 6) is 3.11. The van der Waals surface area contributed by atoms with Gasteiger partial charge in [-0.2, -0.15) is 4.98 Å². The van der Waals surface area contributed by atoms with Gasteiger partial charge in [0.2, 0.25) is 5.95 Å². The normalized spacial score (nSPS) is 21.8. The summed E-state index contributed by atoms with van der Waals surface area (Å²) in [5, 5.41) is 3.81. The SMILES string of the molecule is CCCNc1ncc(Cl)c(N(C)CC2CC2C)n1. The van der Waals surface area contributed by atoms with Gasteiger partial charge in [0.15, 0.2) is 5.82 Å². The maximum atomic E-state index is 6.17. The van der Waals surface area contributed by atoms with E-state index in [1.54, 1.807) is 6.20 Å². The molecule has 1 aliphatic carbocycles. The Morgan fingerprint density at radius 2 is 2.28 bits per heavy atom. The molecular formula is C13H21ClN4. The molecule has 1 aliphatic rings. The molecule has 0 bridgehead atoms. The Kier molecular flexibility index (Phi) is 4.27. The van der Waals surface area contributed by atoms with Gasteiger partial charge in [0.25, 0.3) is 0 Å². The van der Waals surface area contributed by atoms with E-state index < -0.39 is 0 Å². The molecule has 0 aromatic carbocycles. The van der Waals surface area contributed by atoms with Crippen molar-refractivity contribution in [1.29, 1.82) is 0 Å². The van der Waals surface area contributed by atoms with Gasteiger partial charge in [0.05, 0.1) is 6.20 Å². The Hall–Kier alpha value is -1.03. The average molecular weight is 269 g/mol. The molecule has 4 nitrogen and oxygen atoms in total. The van der Waals surface area contributed by atoms with Crippen molar-refractivity contribution in [3.63, 3.8) is 0 Å². The van der Waals surface area contributed by atoms with Crippen LogP contribution in [0.25, 0.3) is 0 Å². The Balaban J connectivity index is 2.04. The molecule has 1 fully saturated rings. The standard InChI is InChI=1S/C13H21ClN4/c1-4-5-15-13-16-7-11(14)12(17-13)18(3)8-10-6-9(10)2/h7,9-10H,4-6,8H2,1-3H3,(H,15,16,17). The number of rotatable bonds is 6. The molecule has 0 aliphatic heterocycles. The van der Waals surface area contributed by atoms with Crippen molar-refractivity contribution in [2.75, 3.05) is 30.4 Å². The minimum Gasteiger partial charge on any atom is -0.358 e. The van der Waals surface area contributed by atoms with E-state index in [1.807, 2.05) is 7.05 Å². The second kappa shape index (κ2) is 5.74. The van der Waals surface area contributed by atoms with Gasteiger partial charge in [-0.05, 0) is 24.7 Å². The average Bonchev–Trinajstić information content (AvgIpc) is 3.03. The van der Waals surface area contributed by atoms with E-state index in [4.69, 9.17) is 11.6 Å². The maximum Gasteiger partial charge on any atom is 0.224 e. The van der Waals surface area contributed by atoms with Gasteiger partial charge in [-0.3, -0.25) is 0 Å². The largest absolute Gasteiger partial charge is 0.358 e. The third-order valence-corrected chi connectivity index (χ3v) is 3.67. The van der Waals surface area contributed by atoms with Crippen LogP contribution in [-0.2, 0) is 0 Å². The van der Waals surface area contributed by atoms with Gasteiger partial charge < -0.3 is 10.2 Å². The zero-order valence-electron chi connectivity index (χ0n) is 11.3. The monoisotopic (exact) mass is 268 g/mol. The number of nitrogens with zero attached hydrogens (tertiary/aromatic N) is 3. The highest BCUT2D eigenvalue weighted by Crippen LogP contribution is 2.39. The van der Waals surface area contributed by atoms with E-state index in [1.165, 1.54) is 6.42 Å². The molecule has 5 heteroatoms. The highest BCUT2D eigenvalue weighted by atomic mass is 35.5. The van der Waals surface area contributed by atoms with Crippen LogP contribution in [0, 0.1) is 11.8 Å². The smallest absolute Gasteiger partial charge is 0.224 e. The topological polar surface area (TPSA) is 41.1 Å². The molecule has 2 unspecified atom stereocenters. The number of hydrogen-bond donors (Lipinski definition) is 1. The molecule has 0 saturated heterocycles. The molecular weight excluding hydrogens is 248 g/mol. The molecule has 2 atom stereocenters. The first-order valence-corrected chi connectivity index (χ1v) is 6.97. The molecule has 100 valence electrons. The second-order valence-electron chi connectivity index (χ2n) is 5.15. The lowest BCUT2D eigenvalue weighted by Crippen LogP contribution is -2.22. The van der Waals surface area contributed by atoms with Gasteiger partial charge in [-0.15, -0.1) is 0 Å². The van der Waals surface area contributed by atoms with Crippen LogP contribution in [0.2, 0.25) is 5.02 Å². The number of anilines is 2. The quantitative estimate of drug-likeness (QED) is 0.861. The first-order valence-electron chi connectivity index (χ1n) is 6.59. The second-order valence-corrected chi connectivity index (χ2v) is 5.55. The van der Waals surface area contributed by atoms with Crippen LogP contribution in [-0.4, -0.2) is 30.1 Å². The fourth-order valence-electron chi connectivity index (χ4n) is 2.04. The molecule has 1 saturated carbocycles. The summed E-state index contributed by atoms with van der Waals surface area (Å²) in [6.45, 7) is 6.30. The minimum absolute atomic E-state index is 0.618. The van der Waals surface area contributed by atoms with Crippen molar-refractivity contribution in [2.24, 2.45) is 11.8 Å². The Labute approximate surface area is 114 Å². The first kappa shape index (κ1) is 13.4. The molecule has 0 radical (unpaired) electrons. The van der Waals surface area contributed by atoms with E-state index in [0.29, 0.717) is 11.0 Å². The van der Waals surface area contributed by atoms with Crippen molar-refractivity contribution >= 4 is 23.4 Å². The summed E-state index contributed by atoms with van der Waals surface area (Å²) >= 11 is 6.17. The molecule has 18 heavy (non-hydrogen) atoms. The van der Waals surface area contributed by atoms with E-state index >= 15 is 0 Å². The van der Waals surface area contributed by atoms with E-state index in [-0.39, 0.29) is 0 Å². The lowest BCUT2D eigenvalue weighted by molar-refractivity contribution is 0.719. The number of aromatic nitrogens is 2. The van der Waals surface area contributed by atoms with Crippen molar-refractivity contribution in [3.05, 3.63) is 11.2 Å². The lowest BCUT2D eigenvalue weighted by Gasteiger charge is -2.19. The minimum atomic E-state index is 0.618. The van der Waals surface area contributed by atoms with Gasteiger partial charge in [0, 0.05) is 20.1 Å². The van der Waals surface area contributed by atoms with Crippen molar-refractivity contribution in [3.8, 4) is 0 Å². The zero-order valence-corrected chi connectivity index (χ0v) is 12.0. The first-order chi connectivity index (χ1) is 8.61. The van der Waals surface area contributed by atoms with E-state index in [9.17, 15) is 0 Å². The van der Waals surface area contributed by atoms with Crippen LogP contribution in [0.15, 0.2) is 6.20 Å². The van der Waals surface area contributed by atoms with Crippen molar-refractivity contribution < 1.29 is 0 Å². The summed E-state index contributed by atoms with van der Waals surface area (Å²) in [6, 6.07) is 0. The van der Waals surface area contributed by atoms with E-state index in [0.717, 1.165) is 37.2 Å². The van der Waals surface area contributed by atoms with Crippen molar-refractivity contribution in [2.45, 2.75) is 26.7 Å². The molecule has 1 heterocycles. The van der Waals surface area contributed by atoms with Crippen LogP contribution >= 0.6 is 11.6 Å². The maximum absolute atomic E-state index is 6.17. The fraction of sp³-hybridized carbons (Fsp3) is 0.692. The van der Waals surface area contributed by atoms with Crippen LogP contribution in [0.3, 0.4) is 0 Å². The number of hydrogen-bond acceptors (Lipinski definition) is 4. The highest BCUT2D eigenvalue weighted by molar-refractivity contribution is 6.32. The van der Waals surface area contributed by atoms with Gasteiger partial charge in [-0.1, -0.05) is 25.4 Å². The molecule has 1 aromatic heterocycles. The molecule has 0 amide bonds. The molecule has 1 aromatic rings. The predicted molar refractivity (Wildman–Crippen MR) is 76.4 cm³/mol. The van der Waals surface area contributed by atoms with Crippen LogP contribution in [0.1, 0.15) is 26.7 Å². The fourth-order valence-corrected chi connectivity index (χ4v) is 2.27. The third kappa shape index (κ3) is 3.25. The zero-order chi connectivity index (χ0) is 13.1.